The normalized spacial score (nSPS) is 14.7. The highest BCUT2D eigenvalue weighted by atomic mass is 16.2. The van der Waals surface area contributed by atoms with Crippen LogP contribution in [0.2, 0.25) is 0 Å². The number of aryl methyl sites for hydroxylation is 1. The Hall–Kier alpha value is -2.17. The molecule has 0 aliphatic carbocycles. The van der Waals surface area contributed by atoms with Gasteiger partial charge in [-0.25, -0.2) is 4.98 Å². The second-order valence-electron chi connectivity index (χ2n) is 6.88. The molecule has 1 aromatic carbocycles. The Morgan fingerprint density at radius 3 is 2.77 bits per heavy atom. The van der Waals surface area contributed by atoms with E-state index in [1.165, 1.54) is 0 Å². The van der Waals surface area contributed by atoms with Gasteiger partial charge in [-0.2, -0.15) is 0 Å². The Kier molecular flexibility index (Phi) is 3.51. The van der Waals surface area contributed by atoms with Crippen LogP contribution in [0.3, 0.4) is 0 Å². The van der Waals surface area contributed by atoms with Crippen molar-refractivity contribution in [1.29, 1.82) is 0 Å². The zero-order chi connectivity index (χ0) is 15.9. The SMILES string of the molecule is CC(C)(C)NC(=O)c1ccc2c(=O)n3c(nc2c1)CCCC3. The Labute approximate surface area is 129 Å². The number of hydrogen-bond acceptors (Lipinski definition) is 3. The Balaban J connectivity index is 2.07. The predicted molar refractivity (Wildman–Crippen MR) is 86.2 cm³/mol. The molecule has 0 fully saturated rings. The van der Waals surface area contributed by atoms with Crippen LogP contribution >= 0.6 is 0 Å². The van der Waals surface area contributed by atoms with Crippen LogP contribution in [0.25, 0.3) is 10.9 Å². The highest BCUT2D eigenvalue weighted by Gasteiger charge is 2.18. The molecule has 3 rings (SSSR count). The topological polar surface area (TPSA) is 64.0 Å². The molecule has 22 heavy (non-hydrogen) atoms. The minimum Gasteiger partial charge on any atom is -0.347 e. The van der Waals surface area contributed by atoms with Crippen LogP contribution in [0, 0.1) is 0 Å². The van der Waals surface area contributed by atoms with Crippen LogP contribution in [0.15, 0.2) is 23.0 Å². The molecule has 0 spiro atoms. The van der Waals surface area contributed by atoms with Crippen LogP contribution in [-0.4, -0.2) is 21.0 Å². The molecule has 1 aliphatic heterocycles. The zero-order valence-electron chi connectivity index (χ0n) is 13.3. The summed E-state index contributed by atoms with van der Waals surface area (Å²) < 4.78 is 1.76. The fourth-order valence-electron chi connectivity index (χ4n) is 2.80. The monoisotopic (exact) mass is 299 g/mol. The third-order valence-electron chi connectivity index (χ3n) is 3.82. The van der Waals surface area contributed by atoms with E-state index in [9.17, 15) is 9.59 Å². The van der Waals surface area contributed by atoms with E-state index in [1.807, 2.05) is 20.8 Å². The van der Waals surface area contributed by atoms with E-state index < -0.39 is 0 Å². The lowest BCUT2D eigenvalue weighted by Crippen LogP contribution is -2.40. The van der Waals surface area contributed by atoms with Crippen molar-refractivity contribution in [3.05, 3.63) is 39.9 Å². The third-order valence-corrected chi connectivity index (χ3v) is 3.82. The number of nitrogens with one attached hydrogen (secondary N) is 1. The van der Waals surface area contributed by atoms with Crippen LogP contribution in [0.5, 0.6) is 0 Å². The van der Waals surface area contributed by atoms with E-state index in [1.54, 1.807) is 22.8 Å². The Bertz CT molecular complexity index is 800. The molecule has 5 nitrogen and oxygen atoms in total. The summed E-state index contributed by atoms with van der Waals surface area (Å²) in [4.78, 5) is 29.4. The van der Waals surface area contributed by atoms with Gasteiger partial charge in [0.15, 0.2) is 0 Å². The molecule has 0 saturated heterocycles. The maximum absolute atomic E-state index is 12.5. The van der Waals surface area contributed by atoms with Gasteiger partial charge in [-0.3, -0.25) is 14.2 Å². The summed E-state index contributed by atoms with van der Waals surface area (Å²) in [5.74, 6) is 0.686. The lowest BCUT2D eigenvalue weighted by atomic mass is 10.1. The van der Waals surface area contributed by atoms with E-state index >= 15 is 0 Å². The number of amides is 1. The van der Waals surface area contributed by atoms with Crippen molar-refractivity contribution in [2.45, 2.75) is 52.1 Å². The summed E-state index contributed by atoms with van der Waals surface area (Å²) in [7, 11) is 0. The Morgan fingerprint density at radius 2 is 2.05 bits per heavy atom. The summed E-state index contributed by atoms with van der Waals surface area (Å²) in [6.45, 7) is 6.55. The second kappa shape index (κ2) is 5.23. The number of aromatic nitrogens is 2. The highest BCUT2D eigenvalue weighted by Crippen LogP contribution is 2.16. The van der Waals surface area contributed by atoms with Gasteiger partial charge in [-0.15, -0.1) is 0 Å². The van der Waals surface area contributed by atoms with Gasteiger partial charge in [-0.1, -0.05) is 0 Å². The number of carbonyl (C=O) groups is 1. The molecule has 1 amide bonds. The molecule has 0 unspecified atom stereocenters. The van der Waals surface area contributed by atoms with Crippen LogP contribution in [-0.2, 0) is 13.0 Å². The zero-order valence-corrected chi connectivity index (χ0v) is 13.3. The van der Waals surface area contributed by atoms with E-state index in [0.717, 1.165) is 31.6 Å². The minimum absolute atomic E-state index is 0.00230. The molecular formula is C17H21N3O2. The number of carbonyl (C=O) groups excluding carboxylic acids is 1. The summed E-state index contributed by atoms with van der Waals surface area (Å²) in [6, 6.07) is 5.12. The molecule has 5 heteroatoms. The van der Waals surface area contributed by atoms with Crippen molar-refractivity contribution in [2.24, 2.45) is 0 Å². The summed E-state index contributed by atoms with van der Waals surface area (Å²) in [6.07, 6.45) is 2.90. The summed E-state index contributed by atoms with van der Waals surface area (Å²) in [5, 5.41) is 3.51. The van der Waals surface area contributed by atoms with Gasteiger partial charge in [0.2, 0.25) is 0 Å². The first-order valence-electron chi connectivity index (χ1n) is 7.71. The maximum Gasteiger partial charge on any atom is 0.261 e. The molecule has 0 radical (unpaired) electrons. The number of nitrogens with zero attached hydrogens (tertiary/aromatic N) is 2. The fourth-order valence-corrected chi connectivity index (χ4v) is 2.80. The van der Waals surface area contributed by atoms with Gasteiger partial charge < -0.3 is 5.32 Å². The highest BCUT2D eigenvalue weighted by molar-refractivity contribution is 5.98. The average Bonchev–Trinajstić information content (AvgIpc) is 2.45. The maximum atomic E-state index is 12.5. The van der Waals surface area contributed by atoms with Crippen molar-refractivity contribution in [3.63, 3.8) is 0 Å². The number of benzene rings is 1. The lowest BCUT2D eigenvalue weighted by Gasteiger charge is -2.21. The van der Waals surface area contributed by atoms with Crippen molar-refractivity contribution < 1.29 is 4.79 Å². The van der Waals surface area contributed by atoms with Crippen molar-refractivity contribution >= 4 is 16.8 Å². The fraction of sp³-hybridized carbons (Fsp3) is 0.471. The van der Waals surface area contributed by atoms with Gasteiger partial charge in [0.1, 0.15) is 5.82 Å². The van der Waals surface area contributed by atoms with Gasteiger partial charge in [-0.05, 0) is 51.8 Å². The quantitative estimate of drug-likeness (QED) is 0.878. The average molecular weight is 299 g/mol. The third kappa shape index (κ3) is 2.75. The molecular weight excluding hydrogens is 278 g/mol. The van der Waals surface area contributed by atoms with Gasteiger partial charge >= 0.3 is 0 Å². The predicted octanol–water partition coefficient (Wildman–Crippen LogP) is 2.26. The molecule has 1 N–H and O–H groups in total. The van der Waals surface area contributed by atoms with Crippen LogP contribution in [0.4, 0.5) is 0 Å². The first-order valence-corrected chi connectivity index (χ1v) is 7.71. The Morgan fingerprint density at radius 1 is 1.27 bits per heavy atom. The lowest BCUT2D eigenvalue weighted by molar-refractivity contribution is 0.0919. The number of fused-ring (bicyclic) bond motifs is 2. The second-order valence-corrected chi connectivity index (χ2v) is 6.88. The molecule has 1 aliphatic rings. The van der Waals surface area contributed by atoms with Crippen LogP contribution in [0.1, 0.15) is 49.8 Å². The van der Waals surface area contributed by atoms with E-state index in [-0.39, 0.29) is 17.0 Å². The van der Waals surface area contributed by atoms with Gasteiger partial charge in [0.05, 0.1) is 10.9 Å². The largest absolute Gasteiger partial charge is 0.347 e. The number of hydrogen-bond donors (Lipinski definition) is 1. The summed E-state index contributed by atoms with van der Waals surface area (Å²) in [5.41, 5.74) is 0.853. The molecule has 2 heterocycles. The van der Waals surface area contributed by atoms with Crippen molar-refractivity contribution in [3.8, 4) is 0 Å². The van der Waals surface area contributed by atoms with E-state index in [0.29, 0.717) is 16.5 Å². The molecule has 0 atom stereocenters. The molecule has 0 bridgehead atoms. The molecule has 0 saturated carbocycles. The van der Waals surface area contributed by atoms with Gasteiger partial charge in [0.25, 0.3) is 11.5 Å². The standard InChI is InChI=1S/C17H21N3O2/c1-17(2,3)19-15(21)11-7-8-12-13(10-11)18-14-6-4-5-9-20(14)16(12)22/h7-8,10H,4-6,9H2,1-3H3,(H,19,21). The first-order chi connectivity index (χ1) is 10.3. The molecule has 2 aromatic rings. The van der Waals surface area contributed by atoms with Crippen molar-refractivity contribution in [1.82, 2.24) is 14.9 Å². The number of rotatable bonds is 1. The first kappa shape index (κ1) is 14.8. The van der Waals surface area contributed by atoms with E-state index in [2.05, 4.69) is 10.3 Å². The summed E-state index contributed by atoms with van der Waals surface area (Å²) >= 11 is 0. The van der Waals surface area contributed by atoms with E-state index in [4.69, 9.17) is 0 Å². The smallest absolute Gasteiger partial charge is 0.261 e. The minimum atomic E-state index is -0.297. The molecule has 116 valence electrons. The van der Waals surface area contributed by atoms with Crippen LogP contribution < -0.4 is 10.9 Å². The molecule has 1 aromatic heterocycles. The van der Waals surface area contributed by atoms with Crippen molar-refractivity contribution in [2.75, 3.05) is 0 Å². The van der Waals surface area contributed by atoms with Gasteiger partial charge in [0, 0.05) is 24.1 Å².